The van der Waals surface area contributed by atoms with Crippen LogP contribution < -0.4 is 0 Å². The molecule has 0 aliphatic carbocycles. The third-order valence-electron chi connectivity index (χ3n) is 2.58. The van der Waals surface area contributed by atoms with Crippen LogP contribution in [0.5, 0.6) is 0 Å². The second kappa shape index (κ2) is 10.8. The highest BCUT2D eigenvalue weighted by atomic mass is 33.1. The summed E-state index contributed by atoms with van der Waals surface area (Å²) in [4.78, 5) is 35.4. The van der Waals surface area contributed by atoms with E-state index in [4.69, 9.17) is 32.0 Å². The molecule has 5 unspecified atom stereocenters. The molecular formula is C8H18BO12P3S2. The lowest BCUT2D eigenvalue weighted by atomic mass is 9.96. The van der Waals surface area contributed by atoms with Crippen molar-refractivity contribution < 1.29 is 55.9 Å². The zero-order chi connectivity index (χ0) is 20.0. The Bertz CT molecular complexity index is 589. The fourth-order valence-electron chi connectivity index (χ4n) is 1.77. The summed E-state index contributed by atoms with van der Waals surface area (Å²) in [5, 5.41) is 0. The van der Waals surface area contributed by atoms with E-state index in [9.17, 15) is 18.6 Å². The van der Waals surface area contributed by atoms with Crippen LogP contribution in [0.4, 0.5) is 0 Å². The molecule has 0 amide bonds. The van der Waals surface area contributed by atoms with Crippen LogP contribution in [0.1, 0.15) is 13.3 Å². The number of hydrogen-bond acceptors (Lipinski definition) is 10. The number of phosphoric ester groups is 1. The van der Waals surface area contributed by atoms with Gasteiger partial charge in [0.2, 0.25) is 0 Å². The zero-order valence-corrected chi connectivity index (χ0v) is 17.7. The molecule has 0 bridgehead atoms. The molecule has 18 heteroatoms. The van der Waals surface area contributed by atoms with Crippen LogP contribution in [0.15, 0.2) is 0 Å². The van der Waals surface area contributed by atoms with Crippen molar-refractivity contribution in [2.45, 2.75) is 31.6 Å². The SMILES string of the molecule is [B]C1CC(OCSSCC)C(COP(=O)(O)OP(=O)(O)OP(=O)(O)O)O1. The normalized spacial score (nSPS) is 28.6. The molecule has 0 spiro atoms. The van der Waals surface area contributed by atoms with Crippen molar-refractivity contribution in [3.8, 4) is 0 Å². The second-order valence-corrected chi connectivity index (χ2v) is 11.8. The summed E-state index contributed by atoms with van der Waals surface area (Å²) in [5.41, 5.74) is 0. The van der Waals surface area contributed by atoms with Gasteiger partial charge >= 0.3 is 23.5 Å². The first-order valence-corrected chi connectivity index (χ1v) is 13.9. The lowest BCUT2D eigenvalue weighted by molar-refractivity contribution is -0.0237. The topological polar surface area (TPSA) is 178 Å². The predicted molar refractivity (Wildman–Crippen MR) is 94.3 cm³/mol. The Morgan fingerprint density at radius 2 is 1.77 bits per heavy atom. The molecule has 4 N–H and O–H groups in total. The molecule has 1 fully saturated rings. The van der Waals surface area contributed by atoms with Gasteiger partial charge < -0.3 is 29.0 Å². The van der Waals surface area contributed by atoms with Gasteiger partial charge in [-0.3, -0.25) is 4.52 Å². The molecule has 1 saturated heterocycles. The Morgan fingerprint density at radius 3 is 2.35 bits per heavy atom. The van der Waals surface area contributed by atoms with Crippen molar-refractivity contribution in [3.63, 3.8) is 0 Å². The van der Waals surface area contributed by atoms with Crippen molar-refractivity contribution in [1.82, 2.24) is 0 Å². The molecule has 5 atom stereocenters. The Balaban J connectivity index is 2.54. The molecule has 0 aromatic rings. The zero-order valence-electron chi connectivity index (χ0n) is 13.4. The van der Waals surface area contributed by atoms with Gasteiger partial charge in [0.05, 0.1) is 12.7 Å². The Kier molecular flexibility index (Phi) is 10.4. The lowest BCUT2D eigenvalue weighted by Crippen LogP contribution is -2.29. The molecule has 1 heterocycles. The number of phosphoric acid groups is 3. The molecule has 1 rings (SSSR count). The first-order chi connectivity index (χ1) is 11.8. The number of rotatable bonds is 12. The van der Waals surface area contributed by atoms with E-state index in [-0.39, 0.29) is 0 Å². The van der Waals surface area contributed by atoms with Gasteiger partial charge in [-0.25, -0.2) is 13.7 Å². The van der Waals surface area contributed by atoms with E-state index in [1.807, 2.05) is 6.92 Å². The third kappa shape index (κ3) is 10.6. The van der Waals surface area contributed by atoms with Crippen LogP contribution in [0, 0.1) is 0 Å². The van der Waals surface area contributed by atoms with Gasteiger partial charge in [0.1, 0.15) is 19.9 Å². The molecular weight excluding hydrogens is 456 g/mol. The number of ether oxygens (including phenoxy) is 2. The van der Waals surface area contributed by atoms with Crippen LogP contribution >= 0.6 is 45.1 Å². The summed E-state index contributed by atoms with van der Waals surface area (Å²) in [6.45, 7) is 1.38. The summed E-state index contributed by atoms with van der Waals surface area (Å²) in [7, 11) is -7.55. The molecule has 12 nitrogen and oxygen atoms in total. The molecule has 1 aliphatic heterocycles. The fraction of sp³-hybridized carbons (Fsp3) is 1.00. The molecule has 0 aromatic carbocycles. The van der Waals surface area contributed by atoms with Crippen LogP contribution in [0.25, 0.3) is 0 Å². The molecule has 2 radical (unpaired) electrons. The maximum absolute atomic E-state index is 11.7. The van der Waals surface area contributed by atoms with Crippen LogP contribution in [0.2, 0.25) is 0 Å². The van der Waals surface area contributed by atoms with E-state index in [2.05, 4.69) is 13.1 Å². The minimum Gasteiger partial charge on any atom is -0.380 e. The average molecular weight is 474 g/mol. The quantitative estimate of drug-likeness (QED) is 0.105. The van der Waals surface area contributed by atoms with Gasteiger partial charge in [0, 0.05) is 11.8 Å². The first-order valence-electron chi connectivity index (χ1n) is 6.89. The molecule has 0 aromatic heterocycles. The number of hydrogen-bond donors (Lipinski definition) is 4. The molecule has 1 aliphatic rings. The smallest absolute Gasteiger partial charge is 0.380 e. The molecule has 0 saturated carbocycles. The third-order valence-corrected chi connectivity index (χ3v) is 8.51. The van der Waals surface area contributed by atoms with Crippen molar-refractivity contribution in [3.05, 3.63) is 0 Å². The summed E-state index contributed by atoms with van der Waals surface area (Å²) < 4.78 is 56.0. The molecule has 152 valence electrons. The standard InChI is InChI=1S/C8H18BO12P3S2/c1-2-25-26-5-17-6-3-8(9)19-7(6)4-18-23(13,14)21-24(15,16)20-22(10,11)12/h6-8H,2-5H2,1H3,(H,13,14)(H,15,16)(H2,10,11,12). The van der Waals surface area contributed by atoms with Crippen molar-refractivity contribution >= 4 is 52.9 Å². The van der Waals surface area contributed by atoms with E-state index in [1.54, 1.807) is 10.8 Å². The van der Waals surface area contributed by atoms with Gasteiger partial charge in [-0.05, 0) is 6.42 Å². The Hall–Kier alpha value is 1.09. The van der Waals surface area contributed by atoms with Gasteiger partial charge in [-0.1, -0.05) is 28.5 Å². The summed E-state index contributed by atoms with van der Waals surface area (Å²) in [6.07, 6.45) is -1.12. The maximum atomic E-state index is 11.7. The van der Waals surface area contributed by atoms with Gasteiger partial charge in [0.25, 0.3) is 0 Å². The highest BCUT2D eigenvalue weighted by molar-refractivity contribution is 8.76. The van der Waals surface area contributed by atoms with Crippen LogP contribution in [-0.4, -0.2) is 63.9 Å². The lowest BCUT2D eigenvalue weighted by Gasteiger charge is -2.21. The predicted octanol–water partition coefficient (Wildman–Crippen LogP) is 1.36. The van der Waals surface area contributed by atoms with E-state index >= 15 is 0 Å². The second-order valence-electron chi connectivity index (χ2n) is 4.68. The van der Waals surface area contributed by atoms with Gasteiger partial charge in [0.15, 0.2) is 0 Å². The van der Waals surface area contributed by atoms with Crippen LogP contribution in [-0.2, 0) is 36.3 Å². The minimum absolute atomic E-state index is 0.293. The first kappa shape index (κ1) is 25.1. The fourth-order valence-corrected chi connectivity index (χ4v) is 6.14. The molecule has 26 heavy (non-hydrogen) atoms. The van der Waals surface area contributed by atoms with Gasteiger partial charge in [-0.15, -0.1) is 0 Å². The average Bonchev–Trinajstić information content (AvgIpc) is 2.78. The van der Waals surface area contributed by atoms with Gasteiger partial charge in [-0.2, -0.15) is 8.62 Å². The highest BCUT2D eigenvalue weighted by Crippen LogP contribution is 2.66. The van der Waals surface area contributed by atoms with E-state index in [0.29, 0.717) is 12.4 Å². The van der Waals surface area contributed by atoms with E-state index < -0.39 is 48.3 Å². The van der Waals surface area contributed by atoms with Crippen LogP contribution in [0.3, 0.4) is 0 Å². The highest BCUT2D eigenvalue weighted by Gasteiger charge is 2.42. The van der Waals surface area contributed by atoms with Crippen molar-refractivity contribution in [1.29, 1.82) is 0 Å². The summed E-state index contributed by atoms with van der Waals surface area (Å²) in [6, 6.07) is -0.696. The van der Waals surface area contributed by atoms with E-state index in [0.717, 1.165) is 5.75 Å². The largest absolute Gasteiger partial charge is 0.490 e. The minimum atomic E-state index is -5.55. The maximum Gasteiger partial charge on any atom is 0.490 e. The van der Waals surface area contributed by atoms with Crippen molar-refractivity contribution in [2.75, 3.05) is 18.3 Å². The Labute approximate surface area is 158 Å². The monoisotopic (exact) mass is 474 g/mol. The van der Waals surface area contributed by atoms with Crippen molar-refractivity contribution in [2.24, 2.45) is 0 Å². The Morgan fingerprint density at radius 1 is 1.12 bits per heavy atom. The summed E-state index contributed by atoms with van der Waals surface area (Å²) >= 11 is 0. The van der Waals surface area contributed by atoms with E-state index in [1.165, 1.54) is 10.8 Å². The summed E-state index contributed by atoms with van der Waals surface area (Å²) in [5.74, 6) is 1.19.